The van der Waals surface area contributed by atoms with Crippen molar-refractivity contribution in [3.05, 3.63) is 20.3 Å². The van der Waals surface area contributed by atoms with Crippen molar-refractivity contribution in [3.8, 4) is 0 Å². The van der Waals surface area contributed by atoms with Gasteiger partial charge in [0, 0.05) is 25.7 Å². The Hall–Kier alpha value is -0.780. The second kappa shape index (κ2) is 8.18. The van der Waals surface area contributed by atoms with E-state index < -0.39 is 0 Å². The van der Waals surface area contributed by atoms with Crippen molar-refractivity contribution in [2.24, 2.45) is 0 Å². The molecular formula is C17H30N2O2S. The van der Waals surface area contributed by atoms with Gasteiger partial charge in [-0.1, -0.05) is 39.9 Å². The molecule has 126 valence electrons. The van der Waals surface area contributed by atoms with Crippen LogP contribution in [0.25, 0.3) is 0 Å². The molecule has 0 saturated heterocycles. The molecule has 0 radical (unpaired) electrons. The molecular weight excluding hydrogens is 296 g/mol. The van der Waals surface area contributed by atoms with Crippen molar-refractivity contribution in [3.63, 3.8) is 0 Å². The SMILES string of the molecule is CCCN(C)CCOCCN(C)c1c(C(C)(C)C)c(=S)c1=O. The van der Waals surface area contributed by atoms with Crippen LogP contribution in [0.5, 0.6) is 0 Å². The van der Waals surface area contributed by atoms with Crippen molar-refractivity contribution in [2.75, 3.05) is 51.8 Å². The topological polar surface area (TPSA) is 32.8 Å². The highest BCUT2D eigenvalue weighted by Gasteiger charge is 2.29. The molecule has 0 aliphatic heterocycles. The zero-order valence-corrected chi connectivity index (χ0v) is 15.7. The van der Waals surface area contributed by atoms with Crippen LogP contribution in [0.1, 0.15) is 39.7 Å². The maximum absolute atomic E-state index is 12.0. The summed E-state index contributed by atoms with van der Waals surface area (Å²) in [6, 6.07) is 0. The van der Waals surface area contributed by atoms with E-state index in [1.54, 1.807) is 0 Å². The summed E-state index contributed by atoms with van der Waals surface area (Å²) in [6.45, 7) is 12.5. The summed E-state index contributed by atoms with van der Waals surface area (Å²) in [4.78, 5) is 16.3. The molecule has 1 rings (SSSR count). The van der Waals surface area contributed by atoms with Gasteiger partial charge in [0.05, 0.1) is 23.4 Å². The van der Waals surface area contributed by atoms with E-state index in [2.05, 4.69) is 39.6 Å². The number of ether oxygens (including phenoxy) is 1. The Morgan fingerprint density at radius 3 is 2.23 bits per heavy atom. The molecule has 1 aromatic carbocycles. The van der Waals surface area contributed by atoms with E-state index >= 15 is 0 Å². The average molecular weight is 327 g/mol. The number of rotatable bonds is 9. The Kier molecular flexibility index (Phi) is 7.16. The molecule has 0 amide bonds. The molecule has 0 spiro atoms. The fourth-order valence-electron chi connectivity index (χ4n) is 2.57. The van der Waals surface area contributed by atoms with Crippen LogP contribution in [0.3, 0.4) is 0 Å². The minimum Gasteiger partial charge on any atom is -0.378 e. The van der Waals surface area contributed by atoms with Crippen molar-refractivity contribution in [1.82, 2.24) is 4.90 Å². The van der Waals surface area contributed by atoms with E-state index in [1.807, 2.05) is 11.9 Å². The summed E-state index contributed by atoms with van der Waals surface area (Å²) in [6.07, 6.45) is 1.16. The van der Waals surface area contributed by atoms with Gasteiger partial charge in [0.25, 0.3) is 0 Å². The number of anilines is 1. The second-order valence-electron chi connectivity index (χ2n) is 6.97. The van der Waals surface area contributed by atoms with Gasteiger partial charge >= 0.3 is 0 Å². The van der Waals surface area contributed by atoms with Gasteiger partial charge in [-0.3, -0.25) is 4.79 Å². The predicted octanol–water partition coefficient (Wildman–Crippen LogP) is 2.74. The van der Waals surface area contributed by atoms with Gasteiger partial charge < -0.3 is 14.5 Å². The quantitative estimate of drug-likeness (QED) is 0.515. The van der Waals surface area contributed by atoms with Crippen LogP contribution in [-0.2, 0) is 10.2 Å². The fourth-order valence-corrected chi connectivity index (χ4v) is 3.07. The fraction of sp³-hybridized carbons (Fsp3) is 0.765. The highest BCUT2D eigenvalue weighted by molar-refractivity contribution is 7.71. The van der Waals surface area contributed by atoms with Crippen LogP contribution in [0.2, 0.25) is 0 Å². The Bertz CT molecular complexity index is 541. The van der Waals surface area contributed by atoms with Crippen LogP contribution in [-0.4, -0.2) is 51.8 Å². The van der Waals surface area contributed by atoms with Crippen LogP contribution >= 0.6 is 12.2 Å². The molecule has 0 unspecified atom stereocenters. The zero-order chi connectivity index (χ0) is 16.9. The summed E-state index contributed by atoms with van der Waals surface area (Å²) >= 11 is 5.21. The molecule has 0 aliphatic rings. The van der Waals surface area contributed by atoms with Crippen LogP contribution < -0.4 is 10.3 Å². The number of likely N-dealkylation sites (N-methyl/N-ethyl adjacent to an activating group) is 2. The van der Waals surface area contributed by atoms with Crippen molar-refractivity contribution < 1.29 is 4.74 Å². The summed E-state index contributed by atoms with van der Waals surface area (Å²) in [7, 11) is 4.04. The van der Waals surface area contributed by atoms with Gasteiger partial charge in [-0.05, 0) is 25.4 Å². The molecule has 0 bridgehead atoms. The van der Waals surface area contributed by atoms with E-state index in [1.165, 1.54) is 0 Å². The third-order valence-electron chi connectivity index (χ3n) is 3.81. The van der Waals surface area contributed by atoms with Crippen LogP contribution in [0, 0.1) is 4.51 Å². The molecule has 1 aromatic rings. The summed E-state index contributed by atoms with van der Waals surface area (Å²) in [5.74, 6) is 0. The van der Waals surface area contributed by atoms with E-state index in [9.17, 15) is 4.79 Å². The van der Waals surface area contributed by atoms with E-state index in [0.717, 1.165) is 37.4 Å². The first-order valence-electron chi connectivity index (χ1n) is 8.01. The highest BCUT2D eigenvalue weighted by Crippen LogP contribution is 2.32. The largest absolute Gasteiger partial charge is 0.378 e. The number of hydrogen-bond acceptors (Lipinski definition) is 5. The Balaban J connectivity index is 2.45. The molecule has 4 nitrogen and oxygen atoms in total. The van der Waals surface area contributed by atoms with Gasteiger partial charge in [-0.15, -0.1) is 0 Å². The van der Waals surface area contributed by atoms with Gasteiger partial charge in [0.1, 0.15) is 0 Å². The smallest absolute Gasteiger partial charge is 0.220 e. The minimum absolute atomic E-state index is 0.00473. The van der Waals surface area contributed by atoms with Gasteiger partial charge in [0.15, 0.2) is 0 Å². The second-order valence-corrected chi connectivity index (χ2v) is 7.38. The molecule has 0 atom stereocenters. The Morgan fingerprint density at radius 2 is 1.68 bits per heavy atom. The normalized spacial score (nSPS) is 12.3. The lowest BCUT2D eigenvalue weighted by Crippen LogP contribution is -2.36. The summed E-state index contributed by atoms with van der Waals surface area (Å²) < 4.78 is 6.17. The summed E-state index contributed by atoms with van der Waals surface area (Å²) in [5, 5.41) is 0. The third-order valence-corrected chi connectivity index (χ3v) is 4.20. The molecule has 0 saturated carbocycles. The first kappa shape index (κ1) is 19.3. The maximum Gasteiger partial charge on any atom is 0.220 e. The first-order chi connectivity index (χ1) is 10.2. The lowest BCUT2D eigenvalue weighted by atomic mass is 9.82. The molecule has 0 N–H and O–H groups in total. The van der Waals surface area contributed by atoms with Gasteiger partial charge in [-0.25, -0.2) is 0 Å². The molecule has 0 aliphatic carbocycles. The summed E-state index contributed by atoms with van der Waals surface area (Å²) in [5.41, 5.74) is 1.70. The minimum atomic E-state index is -0.0850. The van der Waals surface area contributed by atoms with E-state index in [-0.39, 0.29) is 10.8 Å². The number of hydrogen-bond donors (Lipinski definition) is 0. The number of nitrogens with zero attached hydrogens (tertiary/aromatic N) is 2. The standard InChI is InChI=1S/C17H30N2O2S/c1-7-8-18(5)9-11-21-12-10-19(6)14-13(17(2,3)4)16(22)15(14)20/h7-12H2,1-6H3. The van der Waals surface area contributed by atoms with E-state index in [0.29, 0.717) is 17.7 Å². The van der Waals surface area contributed by atoms with Crippen molar-refractivity contribution in [2.45, 2.75) is 39.5 Å². The monoisotopic (exact) mass is 326 g/mol. The Labute approximate surface area is 139 Å². The van der Waals surface area contributed by atoms with Gasteiger partial charge in [-0.2, -0.15) is 0 Å². The van der Waals surface area contributed by atoms with Crippen LogP contribution in [0.4, 0.5) is 5.69 Å². The molecule has 0 aromatic heterocycles. The lowest BCUT2D eigenvalue weighted by molar-refractivity contribution is 0.117. The molecule has 0 fully saturated rings. The molecule has 5 heteroatoms. The first-order valence-corrected chi connectivity index (χ1v) is 8.42. The van der Waals surface area contributed by atoms with Gasteiger partial charge in [0.2, 0.25) is 5.43 Å². The third kappa shape index (κ3) is 4.86. The maximum atomic E-state index is 12.0. The van der Waals surface area contributed by atoms with Crippen molar-refractivity contribution >= 4 is 17.9 Å². The highest BCUT2D eigenvalue weighted by atomic mass is 32.1. The molecule has 0 heterocycles. The Morgan fingerprint density at radius 1 is 1.09 bits per heavy atom. The zero-order valence-electron chi connectivity index (χ0n) is 14.9. The lowest BCUT2D eigenvalue weighted by Gasteiger charge is -2.30. The van der Waals surface area contributed by atoms with E-state index in [4.69, 9.17) is 17.0 Å². The predicted molar refractivity (Wildman–Crippen MR) is 96.5 cm³/mol. The molecule has 22 heavy (non-hydrogen) atoms. The van der Waals surface area contributed by atoms with Crippen LogP contribution in [0.15, 0.2) is 4.79 Å². The van der Waals surface area contributed by atoms with Crippen molar-refractivity contribution in [1.29, 1.82) is 0 Å². The average Bonchev–Trinajstić information content (AvgIpc) is 2.41.